The molecule has 0 fully saturated rings. The van der Waals surface area contributed by atoms with E-state index in [2.05, 4.69) is 5.32 Å². The Morgan fingerprint density at radius 2 is 2.10 bits per heavy atom. The van der Waals surface area contributed by atoms with E-state index >= 15 is 0 Å². The van der Waals surface area contributed by atoms with Crippen LogP contribution in [0.25, 0.3) is 0 Å². The quantitative estimate of drug-likeness (QED) is 0.653. The Hall–Kier alpha value is -2.83. The lowest BCUT2D eigenvalue weighted by Gasteiger charge is -2.09. The van der Waals surface area contributed by atoms with Gasteiger partial charge in [-0.25, -0.2) is 4.39 Å². The zero-order valence-electron chi connectivity index (χ0n) is 11.2. The molecular formula is C14H13FN2O4. The van der Waals surface area contributed by atoms with Gasteiger partial charge in [0.15, 0.2) is 0 Å². The molecule has 0 heterocycles. The fraction of sp³-hybridized carbons (Fsp3) is 0.143. The minimum atomic E-state index is -0.545. The fourth-order valence-electron chi connectivity index (χ4n) is 1.83. The number of nitrogens with zero attached hydrogens (tertiary/aromatic N) is 1. The van der Waals surface area contributed by atoms with E-state index in [1.165, 1.54) is 25.3 Å². The van der Waals surface area contributed by atoms with E-state index in [9.17, 15) is 19.6 Å². The highest BCUT2D eigenvalue weighted by Crippen LogP contribution is 2.30. The number of aromatic hydroxyl groups is 1. The van der Waals surface area contributed by atoms with E-state index < -0.39 is 10.7 Å². The van der Waals surface area contributed by atoms with Crippen LogP contribution in [-0.4, -0.2) is 17.1 Å². The maximum Gasteiger partial charge on any atom is 0.296 e. The second-order valence-corrected chi connectivity index (χ2v) is 4.27. The summed E-state index contributed by atoms with van der Waals surface area (Å²) in [5.41, 5.74) is 0.398. The summed E-state index contributed by atoms with van der Waals surface area (Å²) in [6.07, 6.45) is 0. The van der Waals surface area contributed by atoms with Crippen molar-refractivity contribution in [1.29, 1.82) is 0 Å². The first-order valence-corrected chi connectivity index (χ1v) is 6.05. The predicted molar refractivity (Wildman–Crippen MR) is 75.0 cm³/mol. The number of methoxy groups -OCH3 is 1. The van der Waals surface area contributed by atoms with Crippen LogP contribution < -0.4 is 10.1 Å². The van der Waals surface area contributed by atoms with Crippen LogP contribution in [0.4, 0.5) is 15.8 Å². The molecule has 0 saturated heterocycles. The van der Waals surface area contributed by atoms with E-state index in [0.717, 1.165) is 12.1 Å². The maximum atomic E-state index is 13.1. The third kappa shape index (κ3) is 3.38. The molecule has 0 aliphatic rings. The van der Waals surface area contributed by atoms with Gasteiger partial charge < -0.3 is 15.2 Å². The lowest BCUT2D eigenvalue weighted by Crippen LogP contribution is -2.03. The van der Waals surface area contributed by atoms with Crippen molar-refractivity contribution >= 4 is 11.4 Å². The van der Waals surface area contributed by atoms with Crippen LogP contribution in [0.1, 0.15) is 5.56 Å². The Morgan fingerprint density at radius 1 is 1.33 bits per heavy atom. The summed E-state index contributed by atoms with van der Waals surface area (Å²) in [6.45, 7) is 0.0523. The second kappa shape index (κ2) is 6.08. The highest BCUT2D eigenvalue weighted by molar-refractivity contribution is 5.64. The zero-order chi connectivity index (χ0) is 15.4. The van der Waals surface area contributed by atoms with Crippen LogP contribution in [0, 0.1) is 15.9 Å². The summed E-state index contributed by atoms with van der Waals surface area (Å²) in [7, 11) is 1.41. The van der Waals surface area contributed by atoms with E-state index in [1.54, 1.807) is 6.07 Å². The highest BCUT2D eigenvalue weighted by Gasteiger charge is 2.15. The van der Waals surface area contributed by atoms with Gasteiger partial charge in [0.2, 0.25) is 0 Å². The second-order valence-electron chi connectivity index (χ2n) is 4.27. The molecule has 0 radical (unpaired) electrons. The monoisotopic (exact) mass is 292 g/mol. The molecule has 0 aliphatic carbocycles. The standard InChI is InChI=1S/C14H13FN2O4/c1-21-11-3-4-12(13(7-11)17(19)20)16-8-9-6-10(15)2-5-14(9)18/h2-7,16,18H,8H2,1H3. The van der Waals surface area contributed by atoms with Gasteiger partial charge in [-0.05, 0) is 30.3 Å². The van der Waals surface area contributed by atoms with Gasteiger partial charge in [0, 0.05) is 12.1 Å². The van der Waals surface area contributed by atoms with Gasteiger partial charge in [0.25, 0.3) is 5.69 Å². The van der Waals surface area contributed by atoms with Crippen LogP contribution in [0.2, 0.25) is 0 Å². The van der Waals surface area contributed by atoms with E-state index in [1.807, 2.05) is 0 Å². The molecule has 110 valence electrons. The van der Waals surface area contributed by atoms with Crippen molar-refractivity contribution in [3.05, 3.63) is 57.9 Å². The zero-order valence-corrected chi connectivity index (χ0v) is 11.2. The topological polar surface area (TPSA) is 84.6 Å². The van der Waals surface area contributed by atoms with Crippen LogP contribution in [0.3, 0.4) is 0 Å². The average Bonchev–Trinajstić information content (AvgIpc) is 2.48. The van der Waals surface area contributed by atoms with Gasteiger partial charge in [-0.15, -0.1) is 0 Å². The van der Waals surface area contributed by atoms with Crippen molar-refractivity contribution in [3.8, 4) is 11.5 Å². The summed E-state index contributed by atoms with van der Waals surface area (Å²) in [6, 6.07) is 7.88. The molecule has 0 aliphatic heterocycles. The van der Waals surface area contributed by atoms with Crippen molar-refractivity contribution in [2.45, 2.75) is 6.54 Å². The number of benzene rings is 2. The number of phenols is 1. The van der Waals surface area contributed by atoms with Crippen LogP contribution in [0.15, 0.2) is 36.4 Å². The molecule has 2 rings (SSSR count). The van der Waals surface area contributed by atoms with Gasteiger partial charge in [-0.3, -0.25) is 10.1 Å². The van der Waals surface area contributed by atoms with Gasteiger partial charge in [-0.2, -0.15) is 0 Å². The minimum absolute atomic E-state index is 0.0523. The lowest BCUT2D eigenvalue weighted by molar-refractivity contribution is -0.384. The van der Waals surface area contributed by atoms with Gasteiger partial charge in [-0.1, -0.05) is 0 Å². The molecule has 2 aromatic carbocycles. The molecule has 2 N–H and O–H groups in total. The molecule has 6 nitrogen and oxygen atoms in total. The van der Waals surface area contributed by atoms with Gasteiger partial charge >= 0.3 is 0 Å². The number of halogens is 1. The lowest BCUT2D eigenvalue weighted by atomic mass is 10.2. The summed E-state index contributed by atoms with van der Waals surface area (Å²) in [5, 5.41) is 23.4. The first kappa shape index (κ1) is 14.6. The Balaban J connectivity index is 2.23. The molecule has 0 spiro atoms. The number of phenolic OH excluding ortho intramolecular Hbond substituents is 1. The molecule has 0 unspecified atom stereocenters. The molecule has 2 aromatic rings. The van der Waals surface area contributed by atoms with Crippen molar-refractivity contribution in [2.24, 2.45) is 0 Å². The normalized spacial score (nSPS) is 10.2. The Labute approximate surface area is 119 Å². The van der Waals surface area contributed by atoms with Gasteiger partial charge in [0.1, 0.15) is 23.0 Å². The van der Waals surface area contributed by atoms with E-state index in [4.69, 9.17) is 4.74 Å². The number of nitro benzene ring substituents is 1. The molecular weight excluding hydrogens is 279 g/mol. The average molecular weight is 292 g/mol. The Morgan fingerprint density at radius 3 is 2.76 bits per heavy atom. The van der Waals surface area contributed by atoms with Crippen LogP contribution in [0.5, 0.6) is 11.5 Å². The maximum absolute atomic E-state index is 13.1. The molecule has 0 bridgehead atoms. The predicted octanol–water partition coefficient (Wildman–Crippen LogP) is 3.06. The third-order valence-corrected chi connectivity index (χ3v) is 2.91. The Bertz CT molecular complexity index is 676. The minimum Gasteiger partial charge on any atom is -0.508 e. The SMILES string of the molecule is COc1ccc(NCc2cc(F)ccc2O)c([N+](=O)[O-])c1. The van der Waals surface area contributed by atoms with Crippen molar-refractivity contribution < 1.29 is 19.2 Å². The van der Waals surface area contributed by atoms with Gasteiger partial charge in [0.05, 0.1) is 18.1 Å². The van der Waals surface area contributed by atoms with Crippen molar-refractivity contribution in [3.63, 3.8) is 0 Å². The first-order chi connectivity index (χ1) is 10.0. The summed E-state index contributed by atoms with van der Waals surface area (Å²) in [5.74, 6) is -0.213. The van der Waals surface area contributed by atoms with E-state index in [0.29, 0.717) is 11.3 Å². The molecule has 0 saturated carbocycles. The van der Waals surface area contributed by atoms with Crippen LogP contribution >= 0.6 is 0 Å². The third-order valence-electron chi connectivity index (χ3n) is 2.91. The number of nitrogens with one attached hydrogen (secondary N) is 1. The fourth-order valence-corrected chi connectivity index (χ4v) is 1.83. The number of ether oxygens (including phenoxy) is 1. The molecule has 0 amide bonds. The number of rotatable bonds is 5. The van der Waals surface area contributed by atoms with Crippen LogP contribution in [-0.2, 0) is 6.54 Å². The number of hydrogen-bond donors (Lipinski definition) is 2. The molecule has 21 heavy (non-hydrogen) atoms. The summed E-state index contributed by atoms with van der Waals surface area (Å²) < 4.78 is 18.1. The Kier molecular flexibility index (Phi) is 4.22. The first-order valence-electron chi connectivity index (χ1n) is 6.05. The smallest absolute Gasteiger partial charge is 0.296 e. The number of nitro groups is 1. The number of anilines is 1. The van der Waals surface area contributed by atoms with E-state index in [-0.39, 0.29) is 23.7 Å². The number of hydrogen-bond acceptors (Lipinski definition) is 5. The van der Waals surface area contributed by atoms with Crippen molar-refractivity contribution in [2.75, 3.05) is 12.4 Å². The van der Waals surface area contributed by atoms with Crippen molar-refractivity contribution in [1.82, 2.24) is 0 Å². The molecule has 0 atom stereocenters. The summed E-state index contributed by atoms with van der Waals surface area (Å²) >= 11 is 0. The highest BCUT2D eigenvalue weighted by atomic mass is 19.1. The summed E-state index contributed by atoms with van der Waals surface area (Å²) in [4.78, 5) is 10.5. The largest absolute Gasteiger partial charge is 0.508 e. The molecule has 7 heteroatoms. The molecule has 0 aromatic heterocycles.